The maximum absolute atomic E-state index is 12.6. The Morgan fingerprint density at radius 1 is 1.33 bits per heavy atom. The van der Waals surface area contributed by atoms with Gasteiger partial charge in [0.05, 0.1) is 16.8 Å². The second-order valence-electron chi connectivity index (χ2n) is 6.80. The van der Waals surface area contributed by atoms with Crippen molar-refractivity contribution in [3.63, 3.8) is 0 Å². The number of aryl methyl sites for hydroxylation is 1. The van der Waals surface area contributed by atoms with Crippen LogP contribution < -0.4 is 10.1 Å². The first-order valence-electron chi connectivity index (χ1n) is 9.38. The van der Waals surface area contributed by atoms with Gasteiger partial charge in [0.2, 0.25) is 5.88 Å². The lowest BCUT2D eigenvalue weighted by atomic mass is 10.3. The van der Waals surface area contributed by atoms with Crippen LogP contribution in [0.2, 0.25) is 0 Å². The molecule has 1 aliphatic heterocycles. The molecule has 0 saturated carbocycles. The molecule has 0 unspecified atom stereocenters. The molecule has 27 heavy (non-hydrogen) atoms. The average molecular weight is 390 g/mol. The maximum Gasteiger partial charge on any atom is 0.322 e. The Balaban J connectivity index is 1.51. The van der Waals surface area contributed by atoms with Gasteiger partial charge in [-0.25, -0.2) is 14.8 Å². The topological polar surface area (TPSA) is 70.6 Å². The summed E-state index contributed by atoms with van der Waals surface area (Å²) in [6.07, 6.45) is 2.64. The summed E-state index contributed by atoms with van der Waals surface area (Å²) in [7, 11) is 0. The van der Waals surface area contributed by atoms with Crippen molar-refractivity contribution in [2.24, 2.45) is 0 Å². The Kier molecular flexibility index (Phi) is 6.63. The van der Waals surface area contributed by atoms with E-state index in [4.69, 9.17) is 4.74 Å². The Morgan fingerprint density at radius 3 is 2.78 bits per heavy atom. The number of nitrogens with one attached hydrogen (secondary N) is 1. The molecule has 7 nitrogen and oxygen atoms in total. The number of carbonyl (C=O) groups is 1. The summed E-state index contributed by atoms with van der Waals surface area (Å²) in [6, 6.07) is 3.49. The molecule has 3 rings (SSSR count). The zero-order valence-corrected chi connectivity index (χ0v) is 17.0. The van der Waals surface area contributed by atoms with E-state index in [1.807, 2.05) is 24.8 Å². The Hall–Kier alpha value is -2.19. The van der Waals surface area contributed by atoms with Crippen LogP contribution in [0.4, 0.5) is 10.5 Å². The molecule has 2 aromatic rings. The predicted molar refractivity (Wildman–Crippen MR) is 107 cm³/mol. The van der Waals surface area contributed by atoms with Crippen LogP contribution in [0.1, 0.15) is 31.5 Å². The van der Waals surface area contributed by atoms with Gasteiger partial charge in [0, 0.05) is 44.3 Å². The van der Waals surface area contributed by atoms with Gasteiger partial charge in [0.15, 0.2) is 0 Å². The van der Waals surface area contributed by atoms with Gasteiger partial charge in [0.25, 0.3) is 0 Å². The SMILES string of the molecule is CCc1nc(CN2CCN(C(=O)Nc3cccnc3OC(C)C)CC2)cs1. The van der Waals surface area contributed by atoms with Crippen LogP contribution in [0, 0.1) is 0 Å². The van der Waals surface area contributed by atoms with Crippen LogP contribution in [0.5, 0.6) is 5.88 Å². The number of nitrogens with zero attached hydrogens (tertiary/aromatic N) is 4. The van der Waals surface area contributed by atoms with E-state index in [0.717, 1.165) is 31.7 Å². The summed E-state index contributed by atoms with van der Waals surface area (Å²) in [6.45, 7) is 9.91. The van der Waals surface area contributed by atoms with Gasteiger partial charge in [-0.3, -0.25) is 4.90 Å². The van der Waals surface area contributed by atoms with Crippen LogP contribution in [0.15, 0.2) is 23.7 Å². The van der Waals surface area contributed by atoms with Gasteiger partial charge in [-0.05, 0) is 32.4 Å². The standard InChI is InChI=1S/C19H27N5O2S/c1-4-17-21-15(13-27-17)12-23-8-10-24(11-9-23)19(25)22-16-6-5-7-20-18(16)26-14(2)3/h5-7,13-14H,4,8-12H2,1-3H3,(H,22,25). The number of rotatable bonds is 6. The highest BCUT2D eigenvalue weighted by Crippen LogP contribution is 2.22. The lowest BCUT2D eigenvalue weighted by Gasteiger charge is -2.34. The van der Waals surface area contributed by atoms with Crippen molar-refractivity contribution in [1.29, 1.82) is 0 Å². The third-order valence-electron chi connectivity index (χ3n) is 4.31. The first-order chi connectivity index (χ1) is 13.0. The van der Waals surface area contributed by atoms with E-state index in [-0.39, 0.29) is 12.1 Å². The molecular weight excluding hydrogens is 362 g/mol. The van der Waals surface area contributed by atoms with Crippen molar-refractivity contribution in [3.05, 3.63) is 34.4 Å². The molecule has 0 radical (unpaired) electrons. The number of anilines is 1. The number of urea groups is 1. The molecule has 0 aromatic carbocycles. The molecule has 8 heteroatoms. The molecule has 0 aliphatic carbocycles. The fraction of sp³-hybridized carbons (Fsp3) is 0.526. The van der Waals surface area contributed by atoms with E-state index in [0.29, 0.717) is 24.7 Å². The smallest absolute Gasteiger partial charge is 0.322 e. The van der Waals surface area contributed by atoms with Crippen LogP contribution in [0.3, 0.4) is 0 Å². The number of piperazine rings is 1. The van der Waals surface area contributed by atoms with Crippen molar-refractivity contribution in [1.82, 2.24) is 19.8 Å². The predicted octanol–water partition coefficient (Wildman–Crippen LogP) is 3.24. The largest absolute Gasteiger partial charge is 0.473 e. The highest BCUT2D eigenvalue weighted by molar-refractivity contribution is 7.09. The first-order valence-corrected chi connectivity index (χ1v) is 10.3. The molecule has 0 bridgehead atoms. The summed E-state index contributed by atoms with van der Waals surface area (Å²) < 4.78 is 5.67. The van der Waals surface area contributed by atoms with Crippen molar-refractivity contribution in [3.8, 4) is 5.88 Å². The Labute approximate surface area is 164 Å². The van der Waals surface area contributed by atoms with Crippen LogP contribution in [-0.2, 0) is 13.0 Å². The van der Waals surface area contributed by atoms with Crippen molar-refractivity contribution in [2.45, 2.75) is 39.8 Å². The van der Waals surface area contributed by atoms with E-state index in [1.165, 1.54) is 5.01 Å². The molecule has 1 N–H and O–H groups in total. The third kappa shape index (κ3) is 5.40. The van der Waals surface area contributed by atoms with Crippen molar-refractivity contribution < 1.29 is 9.53 Å². The quantitative estimate of drug-likeness (QED) is 0.821. The number of carbonyl (C=O) groups excluding carboxylic acids is 1. The molecule has 2 amide bonds. The number of aromatic nitrogens is 2. The van der Waals surface area contributed by atoms with Crippen molar-refractivity contribution >= 4 is 23.1 Å². The first kappa shape index (κ1) is 19.6. The number of amides is 2. The highest BCUT2D eigenvalue weighted by atomic mass is 32.1. The minimum Gasteiger partial charge on any atom is -0.473 e. The molecule has 0 atom stereocenters. The van der Waals surface area contributed by atoms with Gasteiger partial charge in [-0.15, -0.1) is 11.3 Å². The summed E-state index contributed by atoms with van der Waals surface area (Å²) in [4.78, 5) is 25.6. The molecular formula is C19H27N5O2S. The lowest BCUT2D eigenvalue weighted by molar-refractivity contribution is 0.142. The normalized spacial score (nSPS) is 15.2. The molecule has 1 aliphatic rings. The fourth-order valence-corrected chi connectivity index (χ4v) is 3.66. The minimum absolute atomic E-state index is 0.00182. The summed E-state index contributed by atoms with van der Waals surface area (Å²) in [5.74, 6) is 0.453. The minimum atomic E-state index is -0.113. The lowest BCUT2D eigenvalue weighted by Crippen LogP contribution is -2.49. The maximum atomic E-state index is 12.6. The van der Waals surface area contributed by atoms with Crippen LogP contribution in [0.25, 0.3) is 0 Å². The van der Waals surface area contributed by atoms with Gasteiger partial charge >= 0.3 is 6.03 Å². The monoisotopic (exact) mass is 389 g/mol. The second-order valence-corrected chi connectivity index (χ2v) is 7.74. The fourth-order valence-electron chi connectivity index (χ4n) is 2.92. The molecule has 146 valence electrons. The third-order valence-corrected chi connectivity index (χ3v) is 5.35. The van der Waals surface area contributed by atoms with Gasteiger partial charge in [0.1, 0.15) is 5.69 Å². The van der Waals surface area contributed by atoms with Crippen LogP contribution >= 0.6 is 11.3 Å². The average Bonchev–Trinajstić information content (AvgIpc) is 3.11. The molecule has 2 aromatic heterocycles. The van der Waals surface area contributed by atoms with E-state index in [1.54, 1.807) is 23.6 Å². The van der Waals surface area contributed by atoms with E-state index in [9.17, 15) is 4.79 Å². The molecule has 3 heterocycles. The molecule has 1 fully saturated rings. The number of hydrogen-bond acceptors (Lipinski definition) is 6. The summed E-state index contributed by atoms with van der Waals surface area (Å²) >= 11 is 1.72. The summed E-state index contributed by atoms with van der Waals surface area (Å²) in [5.41, 5.74) is 1.73. The van der Waals surface area contributed by atoms with Crippen LogP contribution in [-0.4, -0.2) is 58.1 Å². The number of ether oxygens (including phenoxy) is 1. The van der Waals surface area contributed by atoms with E-state index < -0.39 is 0 Å². The zero-order valence-electron chi connectivity index (χ0n) is 16.1. The van der Waals surface area contributed by atoms with Gasteiger partial charge < -0.3 is 15.0 Å². The van der Waals surface area contributed by atoms with E-state index in [2.05, 4.69) is 32.5 Å². The zero-order chi connectivity index (χ0) is 19.2. The Morgan fingerprint density at radius 2 is 2.11 bits per heavy atom. The number of hydrogen-bond donors (Lipinski definition) is 1. The van der Waals surface area contributed by atoms with Crippen molar-refractivity contribution in [2.75, 3.05) is 31.5 Å². The Bertz CT molecular complexity index is 756. The number of pyridine rings is 1. The second kappa shape index (κ2) is 9.14. The molecule has 1 saturated heterocycles. The van der Waals surface area contributed by atoms with Gasteiger partial charge in [-0.2, -0.15) is 0 Å². The molecule has 0 spiro atoms. The number of thiazole rings is 1. The van der Waals surface area contributed by atoms with E-state index >= 15 is 0 Å². The summed E-state index contributed by atoms with van der Waals surface area (Å²) in [5, 5.41) is 6.25. The van der Waals surface area contributed by atoms with Gasteiger partial charge in [-0.1, -0.05) is 6.92 Å². The highest BCUT2D eigenvalue weighted by Gasteiger charge is 2.22.